The highest BCUT2D eigenvalue weighted by atomic mass is 32.2. The standard InChI is InChI=1S/C13H19NOS/c1-14-8-3-9-16(15)13-7-6-11-4-2-5-12(11)10-13/h6-7,10,14H,2-5,8-9H2,1H3. The number of aryl methyl sites for hydroxylation is 2. The van der Waals surface area contributed by atoms with Gasteiger partial charge in [-0.2, -0.15) is 0 Å². The molecule has 0 saturated carbocycles. The number of hydrogen-bond acceptors (Lipinski definition) is 2. The smallest absolute Gasteiger partial charge is 0.0530 e. The quantitative estimate of drug-likeness (QED) is 0.792. The molecule has 1 unspecified atom stereocenters. The second-order valence-corrected chi connectivity index (χ2v) is 5.86. The predicted octanol–water partition coefficient (Wildman–Crippen LogP) is 1.89. The first kappa shape index (κ1) is 11.8. The number of benzene rings is 1. The van der Waals surface area contributed by atoms with Crippen molar-refractivity contribution in [2.75, 3.05) is 19.3 Å². The molecule has 16 heavy (non-hydrogen) atoms. The first-order valence-corrected chi connectivity index (χ1v) is 7.28. The molecule has 0 heterocycles. The van der Waals surface area contributed by atoms with E-state index in [-0.39, 0.29) is 0 Å². The second-order valence-electron chi connectivity index (χ2n) is 4.29. The molecule has 0 bridgehead atoms. The van der Waals surface area contributed by atoms with Crippen molar-refractivity contribution in [2.24, 2.45) is 0 Å². The summed E-state index contributed by atoms with van der Waals surface area (Å²) >= 11 is 0. The minimum absolute atomic E-state index is 0.764. The normalized spacial score (nSPS) is 16.1. The fourth-order valence-corrected chi connectivity index (χ4v) is 3.32. The molecule has 0 spiro atoms. The molecule has 0 amide bonds. The molecule has 3 heteroatoms. The van der Waals surface area contributed by atoms with E-state index in [9.17, 15) is 4.21 Å². The third kappa shape index (κ3) is 2.71. The topological polar surface area (TPSA) is 29.1 Å². The van der Waals surface area contributed by atoms with Gasteiger partial charge in [0.2, 0.25) is 0 Å². The summed E-state index contributed by atoms with van der Waals surface area (Å²) < 4.78 is 12.0. The maximum absolute atomic E-state index is 12.0. The molecule has 1 aromatic carbocycles. The van der Waals surface area contributed by atoms with Crippen molar-refractivity contribution in [1.82, 2.24) is 5.32 Å². The third-order valence-corrected chi connectivity index (χ3v) is 4.53. The largest absolute Gasteiger partial charge is 0.320 e. The van der Waals surface area contributed by atoms with Gasteiger partial charge >= 0.3 is 0 Å². The molecular formula is C13H19NOS. The van der Waals surface area contributed by atoms with Crippen molar-refractivity contribution >= 4 is 10.8 Å². The van der Waals surface area contributed by atoms with E-state index in [2.05, 4.69) is 17.4 Å². The molecule has 2 rings (SSSR count). The van der Waals surface area contributed by atoms with Crippen LogP contribution < -0.4 is 5.32 Å². The molecule has 1 aromatic rings. The highest BCUT2D eigenvalue weighted by Gasteiger charge is 2.12. The van der Waals surface area contributed by atoms with Crippen LogP contribution in [0.25, 0.3) is 0 Å². The van der Waals surface area contributed by atoms with Gasteiger partial charge in [-0.3, -0.25) is 4.21 Å². The van der Waals surface area contributed by atoms with Crippen LogP contribution in [0.5, 0.6) is 0 Å². The van der Waals surface area contributed by atoms with Gasteiger partial charge in [-0.15, -0.1) is 0 Å². The van der Waals surface area contributed by atoms with E-state index < -0.39 is 10.8 Å². The van der Waals surface area contributed by atoms with E-state index in [1.165, 1.54) is 24.0 Å². The van der Waals surface area contributed by atoms with Crippen LogP contribution in [0, 0.1) is 0 Å². The van der Waals surface area contributed by atoms with Gasteiger partial charge in [-0.1, -0.05) is 6.07 Å². The van der Waals surface area contributed by atoms with Gasteiger partial charge in [0.15, 0.2) is 0 Å². The van der Waals surface area contributed by atoms with E-state index in [4.69, 9.17) is 0 Å². The summed E-state index contributed by atoms with van der Waals surface area (Å²) in [5.41, 5.74) is 2.87. The SMILES string of the molecule is CNCCCS(=O)c1ccc2c(c1)CCC2. The zero-order valence-electron chi connectivity index (χ0n) is 9.79. The molecular weight excluding hydrogens is 218 g/mol. The van der Waals surface area contributed by atoms with Gasteiger partial charge < -0.3 is 5.32 Å². The summed E-state index contributed by atoms with van der Waals surface area (Å²) in [5.74, 6) is 0.764. The molecule has 0 fully saturated rings. The lowest BCUT2D eigenvalue weighted by Gasteiger charge is -2.05. The molecule has 0 radical (unpaired) electrons. The van der Waals surface area contributed by atoms with E-state index >= 15 is 0 Å². The Morgan fingerprint density at radius 3 is 2.94 bits per heavy atom. The molecule has 0 saturated heterocycles. The van der Waals surface area contributed by atoms with Crippen LogP contribution in [0.2, 0.25) is 0 Å². The number of hydrogen-bond donors (Lipinski definition) is 1. The molecule has 2 nitrogen and oxygen atoms in total. The highest BCUT2D eigenvalue weighted by molar-refractivity contribution is 7.85. The van der Waals surface area contributed by atoms with Crippen LogP contribution in [0.1, 0.15) is 24.0 Å². The minimum atomic E-state index is -0.817. The molecule has 1 aliphatic carbocycles. The number of fused-ring (bicyclic) bond motifs is 1. The fourth-order valence-electron chi connectivity index (χ4n) is 2.19. The molecule has 0 aliphatic heterocycles. The summed E-state index contributed by atoms with van der Waals surface area (Å²) in [6.07, 6.45) is 4.59. The van der Waals surface area contributed by atoms with Crippen molar-refractivity contribution < 1.29 is 4.21 Å². The third-order valence-electron chi connectivity index (χ3n) is 3.09. The Morgan fingerprint density at radius 1 is 1.31 bits per heavy atom. The Kier molecular flexibility index (Phi) is 4.13. The van der Waals surface area contributed by atoms with Crippen LogP contribution in [-0.4, -0.2) is 23.6 Å². The Morgan fingerprint density at radius 2 is 2.12 bits per heavy atom. The molecule has 1 aliphatic rings. The summed E-state index contributed by atoms with van der Waals surface area (Å²) in [5, 5.41) is 3.08. The summed E-state index contributed by atoms with van der Waals surface area (Å²) in [4.78, 5) is 1.01. The van der Waals surface area contributed by atoms with Gasteiger partial charge in [-0.05, 0) is 62.5 Å². The average Bonchev–Trinajstić information content (AvgIpc) is 2.76. The first-order valence-electron chi connectivity index (χ1n) is 5.96. The lowest BCUT2D eigenvalue weighted by atomic mass is 10.1. The Labute approximate surface area is 99.9 Å². The predicted molar refractivity (Wildman–Crippen MR) is 68.3 cm³/mol. The molecule has 0 aromatic heterocycles. The second kappa shape index (κ2) is 5.60. The van der Waals surface area contributed by atoms with Crippen molar-refractivity contribution in [3.63, 3.8) is 0 Å². The number of nitrogens with one attached hydrogen (secondary N) is 1. The fraction of sp³-hybridized carbons (Fsp3) is 0.538. The Balaban J connectivity index is 2.01. The van der Waals surface area contributed by atoms with Crippen LogP contribution >= 0.6 is 0 Å². The molecule has 1 atom stereocenters. The van der Waals surface area contributed by atoms with E-state index in [0.29, 0.717) is 0 Å². The average molecular weight is 237 g/mol. The molecule has 1 N–H and O–H groups in total. The minimum Gasteiger partial charge on any atom is -0.320 e. The van der Waals surface area contributed by atoms with Crippen LogP contribution in [0.4, 0.5) is 0 Å². The number of rotatable bonds is 5. The maximum atomic E-state index is 12.0. The van der Waals surface area contributed by atoms with E-state index in [1.807, 2.05) is 13.1 Å². The van der Waals surface area contributed by atoms with Crippen molar-refractivity contribution in [2.45, 2.75) is 30.6 Å². The van der Waals surface area contributed by atoms with Crippen molar-refractivity contribution in [3.8, 4) is 0 Å². The Hall–Kier alpha value is -0.670. The van der Waals surface area contributed by atoms with Crippen molar-refractivity contribution in [3.05, 3.63) is 29.3 Å². The Bertz CT molecular complexity index is 390. The van der Waals surface area contributed by atoms with Gasteiger partial charge in [0.25, 0.3) is 0 Å². The lowest BCUT2D eigenvalue weighted by Crippen LogP contribution is -2.11. The zero-order chi connectivity index (χ0) is 11.4. The summed E-state index contributed by atoms with van der Waals surface area (Å²) in [6, 6.07) is 6.35. The van der Waals surface area contributed by atoms with Crippen LogP contribution in [-0.2, 0) is 23.6 Å². The van der Waals surface area contributed by atoms with E-state index in [0.717, 1.165) is 30.0 Å². The summed E-state index contributed by atoms with van der Waals surface area (Å²) in [7, 11) is 1.11. The van der Waals surface area contributed by atoms with Crippen LogP contribution in [0.15, 0.2) is 23.1 Å². The van der Waals surface area contributed by atoms with Gasteiger partial charge in [-0.25, -0.2) is 0 Å². The van der Waals surface area contributed by atoms with Gasteiger partial charge in [0.05, 0.1) is 10.8 Å². The first-order chi connectivity index (χ1) is 7.81. The van der Waals surface area contributed by atoms with Crippen LogP contribution in [0.3, 0.4) is 0 Å². The van der Waals surface area contributed by atoms with Crippen molar-refractivity contribution in [1.29, 1.82) is 0 Å². The zero-order valence-corrected chi connectivity index (χ0v) is 10.6. The molecule has 88 valence electrons. The maximum Gasteiger partial charge on any atom is 0.0530 e. The van der Waals surface area contributed by atoms with Gasteiger partial charge in [0, 0.05) is 10.6 Å². The monoisotopic (exact) mass is 237 g/mol. The van der Waals surface area contributed by atoms with Gasteiger partial charge in [0.1, 0.15) is 0 Å². The summed E-state index contributed by atoms with van der Waals surface area (Å²) in [6.45, 7) is 0.941. The highest BCUT2D eigenvalue weighted by Crippen LogP contribution is 2.24. The lowest BCUT2D eigenvalue weighted by molar-refractivity contribution is 0.677. The van der Waals surface area contributed by atoms with E-state index in [1.54, 1.807) is 0 Å².